The first-order valence-corrected chi connectivity index (χ1v) is 7.62. The highest BCUT2D eigenvalue weighted by Crippen LogP contribution is 2.28. The van der Waals surface area contributed by atoms with Crippen molar-refractivity contribution in [2.45, 2.75) is 20.1 Å². The van der Waals surface area contributed by atoms with E-state index in [9.17, 15) is 0 Å². The molecule has 0 saturated carbocycles. The quantitative estimate of drug-likeness (QED) is 0.680. The van der Waals surface area contributed by atoms with Crippen LogP contribution in [0.1, 0.15) is 26.0 Å². The maximum Gasteiger partial charge on any atom is 0.284 e. The van der Waals surface area contributed by atoms with Crippen molar-refractivity contribution in [2.24, 2.45) is 0 Å². The summed E-state index contributed by atoms with van der Waals surface area (Å²) in [5.74, 6) is 0.657. The Morgan fingerprint density at radius 1 is 1.25 bits per heavy atom. The molecule has 0 aliphatic rings. The first-order valence-electron chi connectivity index (χ1n) is 6.03. The molecule has 0 aromatic carbocycles. The SMILES string of the molecule is CCOC(OCC)c1nc(-c2ncc(Br)cc2Br)no1. The number of nitrogens with zero attached hydrogens (tertiary/aromatic N) is 3. The molecule has 0 aliphatic heterocycles. The molecule has 108 valence electrons. The Labute approximate surface area is 133 Å². The zero-order valence-electron chi connectivity index (χ0n) is 11.0. The molecule has 20 heavy (non-hydrogen) atoms. The summed E-state index contributed by atoms with van der Waals surface area (Å²) in [5.41, 5.74) is 0.593. The van der Waals surface area contributed by atoms with Crippen LogP contribution in [0.5, 0.6) is 0 Å². The number of halogens is 2. The first-order chi connectivity index (χ1) is 9.65. The largest absolute Gasteiger partial charge is 0.345 e. The zero-order valence-corrected chi connectivity index (χ0v) is 14.1. The van der Waals surface area contributed by atoms with Crippen molar-refractivity contribution in [1.82, 2.24) is 15.1 Å². The van der Waals surface area contributed by atoms with Gasteiger partial charge in [-0.25, -0.2) is 0 Å². The Kier molecular flexibility index (Phi) is 5.64. The fraction of sp³-hybridized carbons (Fsp3) is 0.417. The van der Waals surface area contributed by atoms with E-state index in [0.29, 0.717) is 24.7 Å². The Balaban J connectivity index is 2.27. The Morgan fingerprint density at radius 2 is 1.95 bits per heavy atom. The predicted octanol–water partition coefficient (Wildman–Crippen LogP) is 3.73. The Bertz CT molecular complexity index is 571. The monoisotopic (exact) mass is 405 g/mol. The van der Waals surface area contributed by atoms with Crippen LogP contribution in [0.3, 0.4) is 0 Å². The van der Waals surface area contributed by atoms with Gasteiger partial charge in [0, 0.05) is 28.4 Å². The molecule has 0 amide bonds. The van der Waals surface area contributed by atoms with Gasteiger partial charge in [0.25, 0.3) is 5.89 Å². The molecule has 0 atom stereocenters. The molecule has 0 spiro atoms. The minimum Gasteiger partial charge on any atom is -0.345 e. The molecule has 8 heteroatoms. The predicted molar refractivity (Wildman–Crippen MR) is 78.9 cm³/mol. The van der Waals surface area contributed by atoms with E-state index in [2.05, 4.69) is 47.0 Å². The summed E-state index contributed by atoms with van der Waals surface area (Å²) in [6.45, 7) is 4.72. The van der Waals surface area contributed by atoms with Crippen LogP contribution in [0.4, 0.5) is 0 Å². The summed E-state index contributed by atoms with van der Waals surface area (Å²) < 4.78 is 17.6. The van der Waals surface area contributed by atoms with Crippen molar-refractivity contribution in [3.8, 4) is 11.5 Å². The van der Waals surface area contributed by atoms with Crippen molar-refractivity contribution in [3.63, 3.8) is 0 Å². The highest BCUT2D eigenvalue weighted by Gasteiger charge is 2.21. The molecule has 0 fully saturated rings. The third kappa shape index (κ3) is 3.63. The van der Waals surface area contributed by atoms with Crippen molar-refractivity contribution in [1.29, 1.82) is 0 Å². The number of ether oxygens (including phenoxy) is 2. The minimum absolute atomic E-state index is 0.278. The summed E-state index contributed by atoms with van der Waals surface area (Å²) in [5, 5.41) is 3.91. The summed E-state index contributed by atoms with van der Waals surface area (Å²) in [4.78, 5) is 8.53. The highest BCUT2D eigenvalue weighted by molar-refractivity contribution is 9.11. The second-order valence-electron chi connectivity index (χ2n) is 3.68. The molecule has 0 unspecified atom stereocenters. The van der Waals surface area contributed by atoms with Gasteiger partial charge in [0.1, 0.15) is 5.69 Å². The molecule has 2 rings (SSSR count). The van der Waals surface area contributed by atoms with Crippen LogP contribution in [-0.2, 0) is 9.47 Å². The van der Waals surface area contributed by atoms with Gasteiger partial charge in [-0.1, -0.05) is 5.16 Å². The smallest absolute Gasteiger partial charge is 0.284 e. The van der Waals surface area contributed by atoms with Crippen LogP contribution in [0, 0.1) is 0 Å². The third-order valence-corrected chi connectivity index (χ3v) is 3.34. The number of pyridine rings is 1. The fourth-order valence-corrected chi connectivity index (χ4v) is 2.66. The zero-order chi connectivity index (χ0) is 14.5. The molecule has 0 saturated heterocycles. The fourth-order valence-electron chi connectivity index (χ4n) is 1.50. The summed E-state index contributed by atoms with van der Waals surface area (Å²) in [7, 11) is 0. The van der Waals surface area contributed by atoms with E-state index in [1.165, 1.54) is 0 Å². The van der Waals surface area contributed by atoms with Gasteiger partial charge in [-0.15, -0.1) is 0 Å². The van der Waals surface area contributed by atoms with Gasteiger partial charge >= 0.3 is 0 Å². The summed E-state index contributed by atoms with van der Waals surface area (Å²) in [6, 6.07) is 1.86. The number of rotatable bonds is 6. The van der Waals surface area contributed by atoms with Crippen LogP contribution >= 0.6 is 31.9 Å². The lowest BCUT2D eigenvalue weighted by Gasteiger charge is -2.11. The third-order valence-electron chi connectivity index (χ3n) is 2.30. The van der Waals surface area contributed by atoms with E-state index < -0.39 is 6.29 Å². The maximum absolute atomic E-state index is 5.41. The Morgan fingerprint density at radius 3 is 2.55 bits per heavy atom. The van der Waals surface area contributed by atoms with Gasteiger partial charge in [-0.2, -0.15) is 4.98 Å². The molecule has 0 radical (unpaired) electrons. The molecule has 0 aliphatic carbocycles. The molecular formula is C12H13Br2N3O3. The highest BCUT2D eigenvalue weighted by atomic mass is 79.9. The minimum atomic E-state index is -0.652. The van der Waals surface area contributed by atoms with Gasteiger partial charge in [0.2, 0.25) is 12.1 Å². The van der Waals surface area contributed by atoms with Crippen LogP contribution in [0.2, 0.25) is 0 Å². The lowest BCUT2D eigenvalue weighted by atomic mass is 10.3. The molecule has 0 N–H and O–H groups in total. The molecule has 2 heterocycles. The molecule has 2 aromatic heterocycles. The number of hydrogen-bond acceptors (Lipinski definition) is 6. The van der Waals surface area contributed by atoms with Crippen molar-refractivity contribution >= 4 is 31.9 Å². The van der Waals surface area contributed by atoms with Gasteiger partial charge in [-0.3, -0.25) is 4.98 Å². The lowest BCUT2D eigenvalue weighted by molar-refractivity contribution is -0.155. The standard InChI is InChI=1S/C12H13Br2N3O3/c1-3-18-12(19-4-2)11-16-10(17-20-11)9-8(14)5-7(13)6-15-9/h5-6,12H,3-4H2,1-2H3. The molecule has 6 nitrogen and oxygen atoms in total. The van der Waals surface area contributed by atoms with Crippen LogP contribution in [-0.4, -0.2) is 28.3 Å². The van der Waals surface area contributed by atoms with Gasteiger partial charge in [0.15, 0.2) is 0 Å². The van der Waals surface area contributed by atoms with Crippen molar-refractivity contribution in [3.05, 3.63) is 27.1 Å². The first kappa shape index (κ1) is 15.6. The second kappa shape index (κ2) is 7.26. The van der Waals surface area contributed by atoms with E-state index in [-0.39, 0.29) is 5.89 Å². The van der Waals surface area contributed by atoms with Crippen molar-refractivity contribution in [2.75, 3.05) is 13.2 Å². The van der Waals surface area contributed by atoms with E-state index in [0.717, 1.165) is 8.95 Å². The number of hydrogen-bond donors (Lipinski definition) is 0. The van der Waals surface area contributed by atoms with E-state index >= 15 is 0 Å². The van der Waals surface area contributed by atoms with Crippen LogP contribution in [0.25, 0.3) is 11.5 Å². The van der Waals surface area contributed by atoms with E-state index in [1.807, 2.05) is 19.9 Å². The topological polar surface area (TPSA) is 70.3 Å². The summed E-state index contributed by atoms with van der Waals surface area (Å²) >= 11 is 6.76. The van der Waals surface area contributed by atoms with Gasteiger partial charge < -0.3 is 14.0 Å². The maximum atomic E-state index is 5.41. The molecule has 2 aromatic rings. The van der Waals surface area contributed by atoms with Crippen molar-refractivity contribution < 1.29 is 14.0 Å². The van der Waals surface area contributed by atoms with E-state index in [1.54, 1.807) is 6.20 Å². The second-order valence-corrected chi connectivity index (χ2v) is 5.45. The van der Waals surface area contributed by atoms with Crippen LogP contribution in [0.15, 0.2) is 25.7 Å². The molecule has 0 bridgehead atoms. The molecular weight excluding hydrogens is 394 g/mol. The average Bonchev–Trinajstić information content (AvgIpc) is 2.88. The van der Waals surface area contributed by atoms with Gasteiger partial charge in [-0.05, 0) is 51.8 Å². The normalized spacial score (nSPS) is 11.2. The Hall–Kier alpha value is -0.830. The van der Waals surface area contributed by atoms with E-state index in [4.69, 9.17) is 14.0 Å². The average molecular weight is 407 g/mol. The number of aromatic nitrogens is 3. The summed E-state index contributed by atoms with van der Waals surface area (Å²) in [6.07, 6.45) is 1.01. The van der Waals surface area contributed by atoms with Crippen LogP contribution < -0.4 is 0 Å². The lowest BCUT2D eigenvalue weighted by Crippen LogP contribution is -2.09. The van der Waals surface area contributed by atoms with Gasteiger partial charge in [0.05, 0.1) is 0 Å².